The highest BCUT2D eigenvalue weighted by Crippen LogP contribution is 2.21. The molecule has 1 aliphatic rings. The number of nitrogens with two attached hydrogens (primary N) is 1. The lowest BCUT2D eigenvalue weighted by Crippen LogP contribution is -2.34. The van der Waals surface area contributed by atoms with Crippen LogP contribution in [0.5, 0.6) is 0 Å². The van der Waals surface area contributed by atoms with Crippen LogP contribution in [0.3, 0.4) is 0 Å². The highest BCUT2D eigenvalue weighted by Gasteiger charge is 2.24. The van der Waals surface area contributed by atoms with Gasteiger partial charge in [0.1, 0.15) is 0 Å². The second kappa shape index (κ2) is 5.21. The van der Waals surface area contributed by atoms with Gasteiger partial charge in [-0.3, -0.25) is 9.79 Å². The third-order valence-electron chi connectivity index (χ3n) is 2.02. The fourth-order valence-electron chi connectivity index (χ4n) is 1.37. The Bertz CT molecular complexity index is 310. The van der Waals surface area contributed by atoms with Crippen molar-refractivity contribution in [3.05, 3.63) is 11.6 Å². The molecule has 0 saturated carbocycles. The van der Waals surface area contributed by atoms with Gasteiger partial charge in [-0.25, -0.2) is 0 Å². The zero-order valence-electron chi connectivity index (χ0n) is 9.28. The van der Waals surface area contributed by atoms with E-state index in [1.807, 2.05) is 26.8 Å². The summed E-state index contributed by atoms with van der Waals surface area (Å²) >= 11 is 1.49. The minimum atomic E-state index is -0.0845. The number of hydrogen-bond donors (Lipinski definition) is 2. The van der Waals surface area contributed by atoms with Crippen LogP contribution in [0.15, 0.2) is 16.6 Å². The summed E-state index contributed by atoms with van der Waals surface area (Å²) in [6.45, 7) is 5.72. The standard InChI is InChI=1S/C10H17N3OS/c1-4-7(9(14)12-6(2)3)8-5-15-10(11)13-8/h4,6,8H,5H2,1-3H3,(H2,11,13)(H,12,14)/b7-4-. The first-order chi connectivity index (χ1) is 7.04. The Kier molecular flexibility index (Phi) is 4.20. The van der Waals surface area contributed by atoms with E-state index in [-0.39, 0.29) is 18.0 Å². The molecule has 1 aliphatic heterocycles. The molecule has 4 nitrogen and oxygen atoms in total. The van der Waals surface area contributed by atoms with Gasteiger partial charge in [0.05, 0.1) is 6.04 Å². The summed E-state index contributed by atoms with van der Waals surface area (Å²) in [6.07, 6.45) is 1.81. The lowest BCUT2D eigenvalue weighted by Gasteiger charge is -2.13. The highest BCUT2D eigenvalue weighted by molar-refractivity contribution is 8.14. The van der Waals surface area contributed by atoms with Crippen LogP contribution < -0.4 is 11.1 Å². The third-order valence-corrected chi connectivity index (χ3v) is 2.91. The van der Waals surface area contributed by atoms with E-state index in [0.717, 1.165) is 5.75 Å². The number of nitrogens with zero attached hydrogens (tertiary/aromatic N) is 1. The molecule has 0 spiro atoms. The molecule has 3 N–H and O–H groups in total. The van der Waals surface area contributed by atoms with E-state index in [4.69, 9.17) is 5.73 Å². The van der Waals surface area contributed by atoms with Gasteiger partial charge in [-0.1, -0.05) is 17.8 Å². The maximum atomic E-state index is 11.8. The Balaban J connectivity index is 2.69. The second-order valence-corrected chi connectivity index (χ2v) is 4.71. The number of thioether (sulfide) groups is 1. The minimum absolute atomic E-state index is 0.0449. The molecule has 1 unspecified atom stereocenters. The Labute approximate surface area is 94.4 Å². The van der Waals surface area contributed by atoms with Gasteiger partial charge in [-0.15, -0.1) is 0 Å². The number of carbonyl (C=O) groups is 1. The maximum absolute atomic E-state index is 11.8. The average Bonchev–Trinajstić information content (AvgIpc) is 2.51. The number of rotatable bonds is 3. The van der Waals surface area contributed by atoms with Crippen molar-refractivity contribution in [3.63, 3.8) is 0 Å². The van der Waals surface area contributed by atoms with Gasteiger partial charge in [0.15, 0.2) is 5.17 Å². The summed E-state index contributed by atoms with van der Waals surface area (Å²) in [7, 11) is 0. The minimum Gasteiger partial charge on any atom is -0.379 e. The fourth-order valence-corrected chi connectivity index (χ4v) is 2.16. The van der Waals surface area contributed by atoms with Crippen LogP contribution in [0.4, 0.5) is 0 Å². The maximum Gasteiger partial charge on any atom is 0.249 e. The van der Waals surface area contributed by atoms with E-state index in [1.165, 1.54) is 11.8 Å². The third kappa shape index (κ3) is 3.27. The monoisotopic (exact) mass is 227 g/mol. The van der Waals surface area contributed by atoms with Gasteiger partial charge in [0.25, 0.3) is 0 Å². The van der Waals surface area contributed by atoms with Gasteiger partial charge >= 0.3 is 0 Å². The molecule has 0 aliphatic carbocycles. The van der Waals surface area contributed by atoms with Crippen LogP contribution in [-0.4, -0.2) is 28.9 Å². The van der Waals surface area contributed by atoms with Gasteiger partial charge in [-0.2, -0.15) is 0 Å². The molecule has 1 rings (SSSR count). The van der Waals surface area contributed by atoms with Crippen molar-refractivity contribution in [2.24, 2.45) is 10.7 Å². The quantitative estimate of drug-likeness (QED) is 0.704. The fraction of sp³-hybridized carbons (Fsp3) is 0.600. The smallest absolute Gasteiger partial charge is 0.249 e. The van der Waals surface area contributed by atoms with E-state index in [0.29, 0.717) is 10.7 Å². The van der Waals surface area contributed by atoms with Crippen molar-refractivity contribution in [2.45, 2.75) is 32.9 Å². The van der Waals surface area contributed by atoms with Crippen LogP contribution >= 0.6 is 11.8 Å². The summed E-state index contributed by atoms with van der Waals surface area (Å²) in [6, 6.07) is 0.0570. The number of allylic oxidation sites excluding steroid dienone is 1. The van der Waals surface area contributed by atoms with E-state index in [2.05, 4.69) is 10.3 Å². The molecule has 0 aromatic carbocycles. The zero-order chi connectivity index (χ0) is 11.4. The first-order valence-electron chi connectivity index (χ1n) is 4.97. The predicted octanol–water partition coefficient (Wildman–Crippen LogP) is 0.887. The van der Waals surface area contributed by atoms with Gasteiger partial charge in [0.2, 0.25) is 5.91 Å². The van der Waals surface area contributed by atoms with Gasteiger partial charge in [-0.05, 0) is 20.8 Å². The Morgan fingerprint density at radius 3 is 2.80 bits per heavy atom. The van der Waals surface area contributed by atoms with Crippen LogP contribution in [0.2, 0.25) is 0 Å². The molecule has 1 atom stereocenters. The van der Waals surface area contributed by atoms with Crippen LogP contribution in [0.25, 0.3) is 0 Å². The molecule has 1 amide bonds. The van der Waals surface area contributed by atoms with Crippen molar-refractivity contribution in [2.75, 3.05) is 5.75 Å². The molecule has 1 heterocycles. The van der Waals surface area contributed by atoms with E-state index >= 15 is 0 Å². The van der Waals surface area contributed by atoms with E-state index in [1.54, 1.807) is 0 Å². The van der Waals surface area contributed by atoms with Gasteiger partial charge < -0.3 is 11.1 Å². The molecule has 0 aromatic heterocycles. The molecule has 0 bridgehead atoms. The molecular weight excluding hydrogens is 210 g/mol. The van der Waals surface area contributed by atoms with Gasteiger partial charge in [0, 0.05) is 17.4 Å². The summed E-state index contributed by atoms with van der Waals surface area (Å²) in [5, 5.41) is 3.43. The van der Waals surface area contributed by atoms with Crippen molar-refractivity contribution in [1.29, 1.82) is 0 Å². The topological polar surface area (TPSA) is 67.5 Å². The van der Waals surface area contributed by atoms with Crippen molar-refractivity contribution in [3.8, 4) is 0 Å². The number of amidine groups is 1. The van der Waals surface area contributed by atoms with Crippen LogP contribution in [-0.2, 0) is 4.79 Å². The molecule has 0 aromatic rings. The number of carbonyl (C=O) groups excluding carboxylic acids is 1. The Morgan fingerprint density at radius 2 is 2.40 bits per heavy atom. The normalized spacial score (nSPS) is 21.7. The predicted molar refractivity (Wildman–Crippen MR) is 64.9 cm³/mol. The molecule has 0 radical (unpaired) electrons. The SMILES string of the molecule is C/C=C(\C(=O)NC(C)C)C1CSC(N)=N1. The Hall–Kier alpha value is -0.970. The molecule has 84 valence electrons. The molecule has 0 saturated heterocycles. The first-order valence-corrected chi connectivity index (χ1v) is 5.96. The second-order valence-electron chi connectivity index (χ2n) is 3.67. The lowest BCUT2D eigenvalue weighted by molar-refractivity contribution is -0.118. The zero-order valence-corrected chi connectivity index (χ0v) is 10.1. The first kappa shape index (κ1) is 12.1. The van der Waals surface area contributed by atoms with Crippen LogP contribution in [0, 0.1) is 0 Å². The van der Waals surface area contributed by atoms with E-state index in [9.17, 15) is 4.79 Å². The average molecular weight is 227 g/mol. The molecular formula is C10H17N3OS. The number of aliphatic imine (C=N–C) groups is 1. The van der Waals surface area contributed by atoms with Crippen molar-refractivity contribution >= 4 is 22.8 Å². The highest BCUT2D eigenvalue weighted by atomic mass is 32.2. The number of amides is 1. The van der Waals surface area contributed by atoms with E-state index < -0.39 is 0 Å². The largest absolute Gasteiger partial charge is 0.379 e. The summed E-state index contributed by atoms with van der Waals surface area (Å²) < 4.78 is 0. The molecule has 0 fully saturated rings. The van der Waals surface area contributed by atoms with Crippen molar-refractivity contribution < 1.29 is 4.79 Å². The Morgan fingerprint density at radius 1 is 1.73 bits per heavy atom. The van der Waals surface area contributed by atoms with Crippen molar-refractivity contribution in [1.82, 2.24) is 5.32 Å². The molecule has 15 heavy (non-hydrogen) atoms. The number of hydrogen-bond acceptors (Lipinski definition) is 4. The number of nitrogens with one attached hydrogen (secondary N) is 1. The van der Waals surface area contributed by atoms with Crippen LogP contribution in [0.1, 0.15) is 20.8 Å². The molecule has 5 heteroatoms. The lowest BCUT2D eigenvalue weighted by atomic mass is 10.1. The summed E-state index contributed by atoms with van der Waals surface area (Å²) in [5.41, 5.74) is 6.28. The summed E-state index contributed by atoms with van der Waals surface area (Å²) in [5.74, 6) is 0.716. The summed E-state index contributed by atoms with van der Waals surface area (Å²) in [4.78, 5) is 16.0.